The van der Waals surface area contributed by atoms with Gasteiger partial charge in [-0.3, -0.25) is 4.79 Å². The fraction of sp³-hybridized carbons (Fsp3) is 0.474. The third-order valence-corrected chi connectivity index (χ3v) is 4.38. The fourth-order valence-electron chi connectivity index (χ4n) is 2.83. The van der Waals surface area contributed by atoms with Crippen molar-refractivity contribution >= 4 is 17.8 Å². The number of carbonyl (C=O) groups is 1. The van der Waals surface area contributed by atoms with Gasteiger partial charge in [0.25, 0.3) is 5.91 Å². The molecule has 0 aliphatic carbocycles. The lowest BCUT2D eigenvalue weighted by Crippen LogP contribution is -2.36. The molecule has 3 rings (SSSR count). The molecule has 1 aliphatic rings. The van der Waals surface area contributed by atoms with Crippen molar-refractivity contribution < 1.29 is 13.9 Å². The number of para-hydroxylation sites is 1. The second-order valence-corrected chi connectivity index (χ2v) is 6.85. The Morgan fingerprint density at radius 2 is 1.96 bits per heavy atom. The second-order valence-electron chi connectivity index (χ2n) is 6.85. The summed E-state index contributed by atoms with van der Waals surface area (Å²) in [6.07, 6.45) is 1.37. The summed E-state index contributed by atoms with van der Waals surface area (Å²) in [6.45, 7) is 3.52. The first-order chi connectivity index (χ1) is 13.4. The summed E-state index contributed by atoms with van der Waals surface area (Å²) >= 11 is 0. The van der Waals surface area contributed by atoms with E-state index in [0.717, 1.165) is 25.9 Å². The number of rotatable bonds is 7. The van der Waals surface area contributed by atoms with Gasteiger partial charge in [0.2, 0.25) is 11.9 Å². The number of hydrogen-bond acceptors (Lipinski definition) is 7. The molecule has 1 atom stereocenters. The predicted octanol–water partition coefficient (Wildman–Crippen LogP) is 1.76. The zero-order valence-corrected chi connectivity index (χ0v) is 16.4. The molecule has 1 aromatic carbocycles. The van der Waals surface area contributed by atoms with E-state index in [1.54, 1.807) is 24.0 Å². The Morgan fingerprint density at radius 1 is 1.25 bits per heavy atom. The number of hydrogen-bond donors (Lipinski definition) is 1. The molecule has 1 aromatic heterocycles. The molecule has 2 aromatic rings. The molecule has 1 amide bonds. The SMILES string of the molecule is C[C@H](Oc1ccccc1F)C(=O)NCc1nc(N(C)C)nc(N2CCCC2)n1. The van der Waals surface area contributed by atoms with Crippen molar-refractivity contribution in [1.29, 1.82) is 0 Å². The molecule has 8 nitrogen and oxygen atoms in total. The lowest BCUT2D eigenvalue weighted by Gasteiger charge is -2.19. The van der Waals surface area contributed by atoms with Crippen LogP contribution in [0.15, 0.2) is 24.3 Å². The van der Waals surface area contributed by atoms with E-state index in [0.29, 0.717) is 17.7 Å². The Balaban J connectivity index is 1.65. The Morgan fingerprint density at radius 3 is 2.64 bits per heavy atom. The molecular formula is C19H25FN6O2. The van der Waals surface area contributed by atoms with Gasteiger partial charge in [0, 0.05) is 27.2 Å². The molecule has 1 fully saturated rings. The molecule has 0 radical (unpaired) electrons. The maximum atomic E-state index is 13.7. The Kier molecular flexibility index (Phi) is 6.23. The molecule has 0 spiro atoms. The van der Waals surface area contributed by atoms with Gasteiger partial charge in [-0.1, -0.05) is 12.1 Å². The number of amides is 1. The predicted molar refractivity (Wildman–Crippen MR) is 104 cm³/mol. The smallest absolute Gasteiger partial charge is 0.261 e. The number of nitrogens with zero attached hydrogens (tertiary/aromatic N) is 5. The van der Waals surface area contributed by atoms with Gasteiger partial charge in [-0.05, 0) is 31.9 Å². The summed E-state index contributed by atoms with van der Waals surface area (Å²) in [5.41, 5.74) is 0. The summed E-state index contributed by atoms with van der Waals surface area (Å²) < 4.78 is 19.1. The van der Waals surface area contributed by atoms with Crippen LogP contribution in [0.4, 0.5) is 16.3 Å². The number of anilines is 2. The maximum absolute atomic E-state index is 13.7. The van der Waals surface area contributed by atoms with Gasteiger partial charge >= 0.3 is 0 Å². The highest BCUT2D eigenvalue weighted by molar-refractivity contribution is 5.80. The van der Waals surface area contributed by atoms with Crippen molar-refractivity contribution in [3.63, 3.8) is 0 Å². The van der Waals surface area contributed by atoms with Crippen LogP contribution in [0.3, 0.4) is 0 Å². The van der Waals surface area contributed by atoms with Gasteiger partial charge in [0.1, 0.15) is 0 Å². The number of nitrogens with one attached hydrogen (secondary N) is 1. The summed E-state index contributed by atoms with van der Waals surface area (Å²) in [5.74, 6) is 0.778. The zero-order chi connectivity index (χ0) is 20.1. The lowest BCUT2D eigenvalue weighted by molar-refractivity contribution is -0.127. The van der Waals surface area contributed by atoms with E-state index in [1.807, 2.05) is 14.1 Å². The van der Waals surface area contributed by atoms with Crippen LogP contribution in [0.1, 0.15) is 25.6 Å². The third-order valence-electron chi connectivity index (χ3n) is 4.38. The van der Waals surface area contributed by atoms with Crippen molar-refractivity contribution in [2.24, 2.45) is 0 Å². The first kappa shape index (κ1) is 19.8. The summed E-state index contributed by atoms with van der Waals surface area (Å²) in [5, 5.41) is 2.75. The van der Waals surface area contributed by atoms with Crippen LogP contribution in [-0.4, -0.2) is 54.1 Å². The Bertz CT molecular complexity index is 826. The Labute approximate surface area is 163 Å². The van der Waals surface area contributed by atoms with Crippen LogP contribution >= 0.6 is 0 Å². The molecule has 1 N–H and O–H groups in total. The molecule has 0 bridgehead atoms. The van der Waals surface area contributed by atoms with E-state index in [2.05, 4.69) is 25.2 Å². The van der Waals surface area contributed by atoms with Crippen molar-refractivity contribution in [2.45, 2.75) is 32.4 Å². The van der Waals surface area contributed by atoms with E-state index in [1.165, 1.54) is 12.1 Å². The summed E-state index contributed by atoms with van der Waals surface area (Å²) in [6, 6.07) is 5.98. The molecule has 2 heterocycles. The van der Waals surface area contributed by atoms with Gasteiger partial charge in [0.15, 0.2) is 23.5 Å². The first-order valence-corrected chi connectivity index (χ1v) is 9.30. The fourth-order valence-corrected chi connectivity index (χ4v) is 2.83. The maximum Gasteiger partial charge on any atom is 0.261 e. The topological polar surface area (TPSA) is 83.5 Å². The molecule has 1 aliphatic heterocycles. The minimum atomic E-state index is -0.856. The number of ether oxygens (including phenoxy) is 1. The van der Waals surface area contributed by atoms with E-state index in [4.69, 9.17) is 4.74 Å². The number of aromatic nitrogens is 3. The zero-order valence-electron chi connectivity index (χ0n) is 16.4. The lowest BCUT2D eigenvalue weighted by atomic mass is 10.3. The number of benzene rings is 1. The molecule has 28 heavy (non-hydrogen) atoms. The van der Waals surface area contributed by atoms with Crippen LogP contribution in [0.25, 0.3) is 0 Å². The van der Waals surface area contributed by atoms with E-state index >= 15 is 0 Å². The van der Waals surface area contributed by atoms with Gasteiger partial charge in [-0.2, -0.15) is 15.0 Å². The Hall–Kier alpha value is -2.97. The molecule has 1 saturated heterocycles. The van der Waals surface area contributed by atoms with Crippen LogP contribution in [-0.2, 0) is 11.3 Å². The standard InChI is InChI=1S/C19H25FN6O2/c1-13(28-15-9-5-4-8-14(15)20)17(27)21-12-16-22-18(25(2)3)24-19(23-16)26-10-6-7-11-26/h4-5,8-9,13H,6-7,10-12H2,1-3H3,(H,21,27)/t13-/m0/s1. The van der Waals surface area contributed by atoms with Crippen LogP contribution < -0.4 is 19.9 Å². The largest absolute Gasteiger partial charge is 0.478 e. The molecular weight excluding hydrogens is 363 g/mol. The van der Waals surface area contributed by atoms with Gasteiger partial charge in [-0.25, -0.2) is 4.39 Å². The van der Waals surface area contributed by atoms with Crippen LogP contribution in [0, 0.1) is 5.82 Å². The third kappa shape index (κ3) is 4.85. The van der Waals surface area contributed by atoms with Gasteiger partial charge in [-0.15, -0.1) is 0 Å². The average Bonchev–Trinajstić information content (AvgIpc) is 3.22. The molecule has 9 heteroatoms. The van der Waals surface area contributed by atoms with Gasteiger partial charge in [0.05, 0.1) is 6.54 Å². The highest BCUT2D eigenvalue weighted by Gasteiger charge is 2.20. The second kappa shape index (κ2) is 8.81. The van der Waals surface area contributed by atoms with Crippen molar-refractivity contribution in [1.82, 2.24) is 20.3 Å². The van der Waals surface area contributed by atoms with Gasteiger partial charge < -0.3 is 19.9 Å². The minimum Gasteiger partial charge on any atom is -0.478 e. The highest BCUT2D eigenvalue weighted by Crippen LogP contribution is 2.19. The highest BCUT2D eigenvalue weighted by atomic mass is 19.1. The monoisotopic (exact) mass is 388 g/mol. The first-order valence-electron chi connectivity index (χ1n) is 9.30. The molecule has 0 unspecified atom stereocenters. The van der Waals surface area contributed by atoms with Crippen molar-refractivity contribution in [2.75, 3.05) is 37.0 Å². The molecule has 0 saturated carbocycles. The van der Waals surface area contributed by atoms with E-state index < -0.39 is 11.9 Å². The van der Waals surface area contributed by atoms with E-state index in [-0.39, 0.29) is 18.2 Å². The van der Waals surface area contributed by atoms with Crippen molar-refractivity contribution in [3.05, 3.63) is 35.9 Å². The summed E-state index contributed by atoms with van der Waals surface area (Å²) in [4.78, 5) is 29.6. The minimum absolute atomic E-state index is 0.0384. The molecule has 150 valence electrons. The number of halogens is 1. The number of carbonyl (C=O) groups excluding carboxylic acids is 1. The van der Waals surface area contributed by atoms with Crippen LogP contribution in [0.5, 0.6) is 5.75 Å². The summed E-state index contributed by atoms with van der Waals surface area (Å²) in [7, 11) is 3.71. The normalized spacial score (nSPS) is 14.6. The van der Waals surface area contributed by atoms with Crippen molar-refractivity contribution in [3.8, 4) is 5.75 Å². The van der Waals surface area contributed by atoms with Crippen LogP contribution in [0.2, 0.25) is 0 Å². The quantitative estimate of drug-likeness (QED) is 0.774. The average molecular weight is 388 g/mol. The van der Waals surface area contributed by atoms with E-state index in [9.17, 15) is 9.18 Å².